The van der Waals surface area contributed by atoms with Crippen LogP contribution in [0.3, 0.4) is 0 Å². The maximum absolute atomic E-state index is 13.4. The van der Waals surface area contributed by atoms with E-state index < -0.39 is 11.9 Å². The summed E-state index contributed by atoms with van der Waals surface area (Å²) >= 11 is 5.89. The van der Waals surface area contributed by atoms with Crippen molar-refractivity contribution in [1.82, 2.24) is 10.1 Å². The first-order valence-corrected chi connectivity index (χ1v) is 7.51. The molecule has 3 rings (SSSR count). The summed E-state index contributed by atoms with van der Waals surface area (Å²) in [7, 11) is 0. The van der Waals surface area contributed by atoms with Crippen molar-refractivity contribution in [2.45, 2.75) is 19.4 Å². The molecule has 1 aromatic heterocycles. The Hall–Kier alpha value is -1.95. The van der Waals surface area contributed by atoms with Gasteiger partial charge in [-0.15, -0.1) is 12.4 Å². The molecule has 0 unspecified atom stereocenters. The summed E-state index contributed by atoms with van der Waals surface area (Å²) < 4.78 is 18.5. The molecule has 0 saturated heterocycles. The van der Waals surface area contributed by atoms with Crippen LogP contribution in [0.15, 0.2) is 47.0 Å². The van der Waals surface area contributed by atoms with Gasteiger partial charge in [-0.3, -0.25) is 0 Å². The van der Waals surface area contributed by atoms with Crippen LogP contribution in [0.4, 0.5) is 4.39 Å². The molecule has 0 fully saturated rings. The SMILES string of the molecule is Cc1noc([C@H](N)Cc2ccccc2-c2ccc(F)c(Cl)c2)n1.Cl. The summed E-state index contributed by atoms with van der Waals surface area (Å²) in [5, 5.41) is 3.85. The highest BCUT2D eigenvalue weighted by Crippen LogP contribution is 2.29. The Morgan fingerprint density at radius 1 is 1.25 bits per heavy atom. The Bertz CT molecular complexity index is 838. The maximum atomic E-state index is 13.4. The van der Waals surface area contributed by atoms with Gasteiger partial charge < -0.3 is 10.3 Å². The number of nitrogens with zero attached hydrogens (tertiary/aromatic N) is 2. The lowest BCUT2D eigenvalue weighted by Gasteiger charge is -2.13. The van der Waals surface area contributed by atoms with Gasteiger partial charge in [-0.2, -0.15) is 4.98 Å². The Morgan fingerprint density at radius 3 is 2.67 bits per heavy atom. The van der Waals surface area contributed by atoms with Gasteiger partial charge in [0.15, 0.2) is 5.82 Å². The monoisotopic (exact) mass is 367 g/mol. The molecule has 0 radical (unpaired) electrons. The molecule has 0 aliphatic rings. The molecule has 0 bridgehead atoms. The van der Waals surface area contributed by atoms with Gasteiger partial charge in [0.2, 0.25) is 5.89 Å². The van der Waals surface area contributed by atoms with Gasteiger partial charge in [-0.05, 0) is 42.2 Å². The summed E-state index contributed by atoms with van der Waals surface area (Å²) in [6, 6.07) is 12.0. The average Bonchev–Trinajstić information content (AvgIpc) is 2.97. The number of hydrogen-bond donors (Lipinski definition) is 1. The molecule has 126 valence electrons. The van der Waals surface area contributed by atoms with E-state index in [0.717, 1.165) is 16.7 Å². The fourth-order valence-electron chi connectivity index (χ4n) is 2.43. The topological polar surface area (TPSA) is 64.9 Å². The molecule has 7 heteroatoms. The van der Waals surface area contributed by atoms with Crippen LogP contribution in [0.5, 0.6) is 0 Å². The van der Waals surface area contributed by atoms with Crippen molar-refractivity contribution >= 4 is 24.0 Å². The number of halogens is 3. The van der Waals surface area contributed by atoms with Gasteiger partial charge in [0, 0.05) is 0 Å². The quantitative estimate of drug-likeness (QED) is 0.736. The van der Waals surface area contributed by atoms with E-state index in [4.69, 9.17) is 21.9 Å². The van der Waals surface area contributed by atoms with Gasteiger partial charge in [0.05, 0.1) is 11.1 Å². The van der Waals surface area contributed by atoms with Crippen LogP contribution < -0.4 is 5.73 Å². The molecule has 0 amide bonds. The molecule has 4 nitrogen and oxygen atoms in total. The van der Waals surface area contributed by atoms with Crippen molar-refractivity contribution in [3.8, 4) is 11.1 Å². The molecule has 0 spiro atoms. The molecule has 3 aromatic rings. The van der Waals surface area contributed by atoms with Crippen LogP contribution in [-0.2, 0) is 6.42 Å². The van der Waals surface area contributed by atoms with E-state index in [1.807, 2.05) is 24.3 Å². The normalized spacial score (nSPS) is 11.8. The molecular weight excluding hydrogens is 352 g/mol. The van der Waals surface area contributed by atoms with Crippen LogP contribution in [-0.4, -0.2) is 10.1 Å². The minimum absolute atomic E-state index is 0. The van der Waals surface area contributed by atoms with Crippen LogP contribution in [0.25, 0.3) is 11.1 Å². The summed E-state index contributed by atoms with van der Waals surface area (Å²) in [5.74, 6) is 0.509. The predicted octanol–water partition coefficient (Wildman–Crippen LogP) is 4.50. The number of nitrogens with two attached hydrogens (primary N) is 1. The third-order valence-corrected chi connectivity index (χ3v) is 3.84. The van der Waals surface area contributed by atoms with Crippen molar-refractivity contribution < 1.29 is 8.91 Å². The molecule has 0 saturated carbocycles. The Balaban J connectivity index is 0.00000208. The van der Waals surface area contributed by atoms with Crippen molar-refractivity contribution in [2.24, 2.45) is 5.73 Å². The zero-order valence-electron chi connectivity index (χ0n) is 12.9. The fourth-order valence-corrected chi connectivity index (χ4v) is 2.61. The molecule has 0 aliphatic carbocycles. The Labute approximate surface area is 150 Å². The van der Waals surface area contributed by atoms with E-state index in [9.17, 15) is 4.39 Å². The van der Waals surface area contributed by atoms with Gasteiger partial charge in [-0.25, -0.2) is 4.39 Å². The smallest absolute Gasteiger partial charge is 0.243 e. The Morgan fingerprint density at radius 2 is 2.00 bits per heavy atom. The average molecular weight is 368 g/mol. The van der Waals surface area contributed by atoms with E-state index in [0.29, 0.717) is 18.1 Å². The Kier molecular flexibility index (Phi) is 5.94. The zero-order chi connectivity index (χ0) is 16.4. The molecule has 24 heavy (non-hydrogen) atoms. The molecular formula is C17H16Cl2FN3O. The summed E-state index contributed by atoms with van der Waals surface area (Å²) in [6.07, 6.45) is 0.521. The molecule has 1 heterocycles. The van der Waals surface area contributed by atoms with Gasteiger partial charge >= 0.3 is 0 Å². The first-order valence-electron chi connectivity index (χ1n) is 7.13. The first kappa shape index (κ1) is 18.4. The highest BCUT2D eigenvalue weighted by molar-refractivity contribution is 6.31. The zero-order valence-corrected chi connectivity index (χ0v) is 14.4. The van der Waals surface area contributed by atoms with Gasteiger partial charge in [-0.1, -0.05) is 47.1 Å². The standard InChI is InChI=1S/C17H15ClFN3O.ClH/c1-10-21-17(23-22-10)16(20)9-11-4-2-3-5-13(11)12-6-7-15(19)14(18)8-12;/h2-8,16H,9,20H2,1H3;1H/t16-;/m1./s1. The lowest BCUT2D eigenvalue weighted by Crippen LogP contribution is -2.14. The van der Waals surface area contributed by atoms with Crippen molar-refractivity contribution in [2.75, 3.05) is 0 Å². The molecule has 2 N–H and O–H groups in total. The third-order valence-electron chi connectivity index (χ3n) is 3.55. The highest BCUT2D eigenvalue weighted by atomic mass is 35.5. The minimum Gasteiger partial charge on any atom is -0.338 e. The number of rotatable bonds is 4. The van der Waals surface area contributed by atoms with Crippen molar-refractivity contribution in [1.29, 1.82) is 0 Å². The number of aromatic nitrogens is 2. The maximum Gasteiger partial charge on any atom is 0.243 e. The fraction of sp³-hybridized carbons (Fsp3) is 0.176. The van der Waals surface area contributed by atoms with E-state index in [1.165, 1.54) is 6.07 Å². The second-order valence-corrected chi connectivity index (χ2v) is 5.68. The van der Waals surface area contributed by atoms with E-state index in [-0.39, 0.29) is 17.4 Å². The van der Waals surface area contributed by atoms with E-state index in [2.05, 4.69) is 10.1 Å². The molecule has 2 aromatic carbocycles. The number of benzene rings is 2. The lowest BCUT2D eigenvalue weighted by atomic mass is 9.95. The van der Waals surface area contributed by atoms with Crippen molar-refractivity contribution in [3.05, 3.63) is 70.6 Å². The largest absolute Gasteiger partial charge is 0.338 e. The number of hydrogen-bond acceptors (Lipinski definition) is 4. The van der Waals surface area contributed by atoms with Crippen LogP contribution in [0.2, 0.25) is 5.02 Å². The van der Waals surface area contributed by atoms with Crippen LogP contribution >= 0.6 is 24.0 Å². The van der Waals surface area contributed by atoms with E-state index in [1.54, 1.807) is 19.1 Å². The minimum atomic E-state index is -0.439. The molecule has 1 atom stereocenters. The van der Waals surface area contributed by atoms with Crippen molar-refractivity contribution in [3.63, 3.8) is 0 Å². The second-order valence-electron chi connectivity index (χ2n) is 5.28. The lowest BCUT2D eigenvalue weighted by molar-refractivity contribution is 0.351. The third kappa shape index (κ3) is 3.93. The highest BCUT2D eigenvalue weighted by Gasteiger charge is 2.16. The van der Waals surface area contributed by atoms with E-state index >= 15 is 0 Å². The summed E-state index contributed by atoms with van der Waals surface area (Å²) in [5.41, 5.74) is 8.94. The second kappa shape index (κ2) is 7.75. The first-order chi connectivity index (χ1) is 11.0. The predicted molar refractivity (Wildman–Crippen MR) is 93.8 cm³/mol. The summed E-state index contributed by atoms with van der Waals surface area (Å²) in [4.78, 5) is 4.16. The number of aryl methyl sites for hydroxylation is 1. The van der Waals surface area contributed by atoms with Gasteiger partial charge in [0.25, 0.3) is 0 Å². The van der Waals surface area contributed by atoms with Gasteiger partial charge in [0.1, 0.15) is 5.82 Å². The van der Waals surface area contributed by atoms with Crippen LogP contribution in [0.1, 0.15) is 23.3 Å². The molecule has 0 aliphatic heterocycles. The summed E-state index contributed by atoms with van der Waals surface area (Å²) in [6.45, 7) is 1.74. The van der Waals surface area contributed by atoms with Crippen LogP contribution in [0, 0.1) is 12.7 Å².